The van der Waals surface area contributed by atoms with Crippen LogP contribution in [0.15, 0.2) is 41.7 Å². The fraction of sp³-hybridized carbons (Fsp3) is 0.450. The Kier molecular flexibility index (Phi) is 5.71. The van der Waals surface area contributed by atoms with Gasteiger partial charge in [-0.15, -0.1) is 0 Å². The smallest absolute Gasteiger partial charge is 0.271 e. The zero-order valence-corrected chi connectivity index (χ0v) is 18.2. The summed E-state index contributed by atoms with van der Waals surface area (Å²) in [6.07, 6.45) is 3.19. The molecule has 2 amide bonds. The van der Waals surface area contributed by atoms with E-state index in [9.17, 15) is 18.0 Å². The number of nitrogens with zero attached hydrogens (tertiary/aromatic N) is 4. The minimum Gasteiger partial charge on any atom is -0.487 e. The van der Waals surface area contributed by atoms with Gasteiger partial charge < -0.3 is 19.5 Å². The van der Waals surface area contributed by atoms with Gasteiger partial charge in [-0.3, -0.25) is 9.59 Å². The summed E-state index contributed by atoms with van der Waals surface area (Å²) in [5, 5.41) is 0. The minimum atomic E-state index is -3.97. The molecule has 0 aliphatic carbocycles. The molecule has 11 heteroatoms. The van der Waals surface area contributed by atoms with Gasteiger partial charge in [-0.2, -0.15) is 4.31 Å². The number of H-pyrrole nitrogens is 1. The van der Waals surface area contributed by atoms with E-state index in [2.05, 4.69) is 9.97 Å². The van der Waals surface area contributed by atoms with E-state index in [1.807, 2.05) is 0 Å². The van der Waals surface area contributed by atoms with Gasteiger partial charge in [-0.25, -0.2) is 13.4 Å². The number of ether oxygens (including phenoxy) is 1. The molecular formula is C20H25N5O5S. The Balaban J connectivity index is 1.69. The lowest BCUT2D eigenvalue weighted by atomic mass is 10.1. The Morgan fingerprint density at radius 2 is 1.97 bits per heavy atom. The van der Waals surface area contributed by atoms with Gasteiger partial charge in [0, 0.05) is 33.6 Å². The predicted octanol–water partition coefficient (Wildman–Crippen LogP) is 0.554. The van der Waals surface area contributed by atoms with E-state index < -0.39 is 22.2 Å². The normalized spacial score (nSPS) is 23.0. The Bertz CT molecular complexity index is 1070. The fourth-order valence-electron chi connectivity index (χ4n) is 3.98. The summed E-state index contributed by atoms with van der Waals surface area (Å²) in [7, 11) is -0.794. The molecule has 166 valence electrons. The number of aromatic amines is 1. The van der Waals surface area contributed by atoms with Crippen molar-refractivity contribution < 1.29 is 22.7 Å². The van der Waals surface area contributed by atoms with Crippen LogP contribution in [0.4, 0.5) is 0 Å². The summed E-state index contributed by atoms with van der Waals surface area (Å²) in [5.74, 6) is -0.255. The first kappa shape index (κ1) is 21.3. The molecule has 0 radical (unpaired) electrons. The first-order valence-corrected chi connectivity index (χ1v) is 11.5. The van der Waals surface area contributed by atoms with Crippen LogP contribution in [0.1, 0.15) is 23.3 Å². The Labute approximate surface area is 180 Å². The van der Waals surface area contributed by atoms with Crippen LogP contribution in [0.25, 0.3) is 0 Å². The molecule has 0 saturated carbocycles. The summed E-state index contributed by atoms with van der Waals surface area (Å²) in [4.78, 5) is 35.1. The van der Waals surface area contributed by atoms with Crippen molar-refractivity contribution in [1.29, 1.82) is 0 Å². The zero-order chi connectivity index (χ0) is 22.2. The molecule has 1 aromatic carbocycles. The van der Waals surface area contributed by atoms with Gasteiger partial charge in [0.05, 0.1) is 25.1 Å². The number of aromatic nitrogens is 2. The highest BCUT2D eigenvalue weighted by Gasteiger charge is 2.44. The largest absolute Gasteiger partial charge is 0.487 e. The number of nitrogens with one attached hydrogen (secondary N) is 1. The van der Waals surface area contributed by atoms with Crippen molar-refractivity contribution in [3.8, 4) is 5.75 Å². The van der Waals surface area contributed by atoms with Crippen LogP contribution in [0.3, 0.4) is 0 Å². The Morgan fingerprint density at radius 1 is 1.23 bits per heavy atom. The molecule has 0 bridgehead atoms. The average molecular weight is 448 g/mol. The van der Waals surface area contributed by atoms with Gasteiger partial charge in [0.15, 0.2) is 0 Å². The number of sulfonamides is 1. The second kappa shape index (κ2) is 8.31. The van der Waals surface area contributed by atoms with Gasteiger partial charge in [0.2, 0.25) is 15.9 Å². The van der Waals surface area contributed by atoms with Crippen molar-refractivity contribution in [1.82, 2.24) is 24.1 Å². The van der Waals surface area contributed by atoms with Gasteiger partial charge in [-0.1, -0.05) is 12.1 Å². The second-order valence-electron chi connectivity index (χ2n) is 7.84. The number of hydrogen-bond acceptors (Lipinski definition) is 6. The van der Waals surface area contributed by atoms with Crippen LogP contribution < -0.4 is 4.74 Å². The number of amides is 2. The quantitative estimate of drug-likeness (QED) is 0.735. The molecule has 1 saturated heterocycles. The lowest BCUT2D eigenvalue weighted by Crippen LogP contribution is -2.50. The lowest BCUT2D eigenvalue weighted by Gasteiger charge is -2.31. The standard InChI is InChI=1S/C20H25N5O5S/c1-23(2)19(26)12-25-15-7-9-24(20(27)14-11-21-13-22-14)10-8-16(15)30-17-5-3-4-6-18(17)31(25,28)29/h3-6,11,13,15-16H,7-10,12H2,1-2H3,(H,21,22)/t15-,16-/m1/s1. The highest BCUT2D eigenvalue weighted by molar-refractivity contribution is 7.89. The Hall–Kier alpha value is -2.92. The minimum absolute atomic E-state index is 0.0556. The molecule has 0 unspecified atom stereocenters. The van der Waals surface area contributed by atoms with Crippen LogP contribution in [-0.2, 0) is 14.8 Å². The van der Waals surface area contributed by atoms with E-state index in [1.54, 1.807) is 37.2 Å². The number of carbonyl (C=O) groups excluding carboxylic acids is 2. The molecule has 1 aromatic heterocycles. The van der Waals surface area contributed by atoms with Crippen molar-refractivity contribution in [2.75, 3.05) is 33.7 Å². The van der Waals surface area contributed by atoms with E-state index in [4.69, 9.17) is 4.74 Å². The summed E-state index contributed by atoms with van der Waals surface area (Å²) >= 11 is 0. The first-order valence-electron chi connectivity index (χ1n) is 10.0. The summed E-state index contributed by atoms with van der Waals surface area (Å²) in [6, 6.07) is 5.89. The van der Waals surface area contributed by atoms with Crippen LogP contribution in [0, 0.1) is 0 Å². The molecule has 2 aliphatic rings. The Morgan fingerprint density at radius 3 is 2.68 bits per heavy atom. The highest BCUT2D eigenvalue weighted by Crippen LogP contribution is 2.36. The number of fused-ring (bicyclic) bond motifs is 2. The van der Waals surface area contributed by atoms with Crippen molar-refractivity contribution >= 4 is 21.8 Å². The van der Waals surface area contributed by atoms with E-state index in [0.29, 0.717) is 31.6 Å². The molecule has 3 heterocycles. The number of para-hydroxylation sites is 1. The molecule has 2 aromatic rings. The summed E-state index contributed by atoms with van der Waals surface area (Å²) in [5.41, 5.74) is 0.376. The SMILES string of the molecule is CN(C)C(=O)CN1[C@@H]2CCN(C(=O)c3cnc[nH]3)CC[C@H]2Oc2ccccc2S1(=O)=O. The number of likely N-dealkylation sites (tertiary alicyclic amines) is 1. The van der Waals surface area contributed by atoms with Crippen molar-refractivity contribution in [3.05, 3.63) is 42.5 Å². The van der Waals surface area contributed by atoms with E-state index in [0.717, 1.165) is 0 Å². The van der Waals surface area contributed by atoms with Crippen LogP contribution >= 0.6 is 0 Å². The number of carbonyl (C=O) groups is 2. The molecule has 1 N–H and O–H groups in total. The maximum Gasteiger partial charge on any atom is 0.271 e. The molecule has 1 fully saturated rings. The number of benzene rings is 1. The molecule has 31 heavy (non-hydrogen) atoms. The van der Waals surface area contributed by atoms with Crippen LogP contribution in [0.2, 0.25) is 0 Å². The molecular weight excluding hydrogens is 422 g/mol. The summed E-state index contributed by atoms with van der Waals surface area (Å²) in [6.45, 7) is 0.445. The van der Waals surface area contributed by atoms with Crippen LogP contribution in [0.5, 0.6) is 5.75 Å². The van der Waals surface area contributed by atoms with Crippen molar-refractivity contribution in [2.24, 2.45) is 0 Å². The highest BCUT2D eigenvalue weighted by atomic mass is 32.2. The van der Waals surface area contributed by atoms with Crippen molar-refractivity contribution in [3.63, 3.8) is 0 Å². The molecule has 2 aliphatic heterocycles. The number of likely N-dealkylation sites (N-methyl/N-ethyl adjacent to an activating group) is 1. The summed E-state index contributed by atoms with van der Waals surface area (Å²) < 4.78 is 34.5. The third kappa shape index (κ3) is 4.02. The van der Waals surface area contributed by atoms with Gasteiger partial charge >= 0.3 is 0 Å². The zero-order valence-electron chi connectivity index (χ0n) is 17.4. The predicted molar refractivity (Wildman–Crippen MR) is 111 cm³/mol. The fourth-order valence-corrected chi connectivity index (χ4v) is 5.73. The molecule has 10 nitrogen and oxygen atoms in total. The first-order chi connectivity index (χ1) is 14.8. The third-order valence-electron chi connectivity index (χ3n) is 5.70. The van der Waals surface area contributed by atoms with E-state index in [1.165, 1.54) is 27.8 Å². The maximum absolute atomic E-state index is 13.5. The van der Waals surface area contributed by atoms with Gasteiger partial charge in [-0.05, 0) is 18.6 Å². The van der Waals surface area contributed by atoms with Crippen molar-refractivity contribution in [2.45, 2.75) is 29.9 Å². The third-order valence-corrected chi connectivity index (χ3v) is 7.61. The van der Waals surface area contributed by atoms with E-state index >= 15 is 0 Å². The molecule has 0 spiro atoms. The van der Waals surface area contributed by atoms with Gasteiger partial charge in [0.1, 0.15) is 22.4 Å². The van der Waals surface area contributed by atoms with Crippen LogP contribution in [-0.4, -0.2) is 90.2 Å². The second-order valence-corrected chi connectivity index (χ2v) is 9.70. The topological polar surface area (TPSA) is 116 Å². The average Bonchev–Trinajstić information content (AvgIpc) is 3.18. The monoisotopic (exact) mass is 447 g/mol. The number of hydrogen-bond donors (Lipinski definition) is 1. The number of rotatable bonds is 3. The molecule has 2 atom stereocenters. The van der Waals surface area contributed by atoms with E-state index in [-0.39, 0.29) is 29.0 Å². The number of imidazole rings is 1. The van der Waals surface area contributed by atoms with Gasteiger partial charge in [0.25, 0.3) is 5.91 Å². The maximum atomic E-state index is 13.5. The lowest BCUT2D eigenvalue weighted by molar-refractivity contribution is -0.129. The molecule has 4 rings (SSSR count).